The van der Waals surface area contributed by atoms with Gasteiger partial charge in [0.05, 0.1) is 0 Å². The Morgan fingerprint density at radius 2 is 1.48 bits per heavy atom. The zero-order chi connectivity index (χ0) is 17.0. The van der Waals surface area contributed by atoms with Crippen molar-refractivity contribution in [3.63, 3.8) is 0 Å². The minimum absolute atomic E-state index is 0.182. The van der Waals surface area contributed by atoms with Gasteiger partial charge in [0.15, 0.2) is 0 Å². The fourth-order valence-corrected chi connectivity index (χ4v) is 2.54. The molecule has 0 unspecified atom stereocenters. The summed E-state index contributed by atoms with van der Waals surface area (Å²) >= 11 is 0. The van der Waals surface area contributed by atoms with Crippen LogP contribution in [0.15, 0.2) is 48.5 Å². The Morgan fingerprint density at radius 1 is 1.00 bits per heavy atom. The third-order valence-corrected chi connectivity index (χ3v) is 3.81. The Balaban J connectivity index is 2.36. The van der Waals surface area contributed by atoms with E-state index >= 15 is 0 Å². The first-order valence-electron chi connectivity index (χ1n) is 7.66. The van der Waals surface area contributed by atoms with Crippen molar-refractivity contribution in [2.24, 2.45) is 5.73 Å². The first-order valence-corrected chi connectivity index (χ1v) is 7.66. The predicted octanol–water partition coefficient (Wildman–Crippen LogP) is 3.54. The van der Waals surface area contributed by atoms with Crippen LogP contribution in [0.1, 0.15) is 36.5 Å². The maximum atomic E-state index is 13.2. The molecule has 2 aromatic rings. The van der Waals surface area contributed by atoms with Crippen molar-refractivity contribution in [3.8, 4) is 0 Å². The molecule has 0 aromatic heterocycles. The molecule has 0 radical (unpaired) electrons. The first kappa shape index (κ1) is 17.2. The minimum Gasteiger partial charge on any atom is -0.461 e. The van der Waals surface area contributed by atoms with Gasteiger partial charge in [-0.1, -0.05) is 42.0 Å². The highest BCUT2D eigenvalue weighted by molar-refractivity contribution is 5.75. The summed E-state index contributed by atoms with van der Waals surface area (Å²) in [5, 5.41) is 0. The molecule has 2 rings (SSSR count). The van der Waals surface area contributed by atoms with Gasteiger partial charge in [0.2, 0.25) is 0 Å². The molecule has 2 N–H and O–H groups in total. The van der Waals surface area contributed by atoms with Crippen LogP contribution in [0.25, 0.3) is 0 Å². The van der Waals surface area contributed by atoms with Crippen molar-refractivity contribution >= 4 is 5.97 Å². The molecule has 0 bridgehead atoms. The average Bonchev–Trinajstić information content (AvgIpc) is 2.51. The summed E-state index contributed by atoms with van der Waals surface area (Å²) in [6.45, 7) is 5.43. The summed E-state index contributed by atoms with van der Waals surface area (Å²) in [5.74, 6) is -0.924. The number of ether oxygens (including phenoxy) is 1. The SMILES string of the molecule is Cc1ccc([C@H](c2ccc(F)cc2)[C@H](C)OC(=O)[C@H](C)N)cc1. The van der Waals surface area contributed by atoms with Crippen LogP contribution < -0.4 is 5.73 Å². The van der Waals surface area contributed by atoms with E-state index in [0.717, 1.165) is 16.7 Å². The summed E-state index contributed by atoms with van der Waals surface area (Å²) in [5.41, 5.74) is 8.62. The van der Waals surface area contributed by atoms with Gasteiger partial charge in [0.25, 0.3) is 0 Å². The zero-order valence-corrected chi connectivity index (χ0v) is 13.6. The highest BCUT2D eigenvalue weighted by atomic mass is 19.1. The number of aryl methyl sites for hydroxylation is 1. The molecule has 0 saturated carbocycles. The number of rotatable bonds is 5. The summed E-state index contributed by atoms with van der Waals surface area (Å²) in [6, 6.07) is 13.6. The Hall–Kier alpha value is -2.20. The molecule has 0 fully saturated rings. The summed E-state index contributed by atoms with van der Waals surface area (Å²) < 4.78 is 18.7. The van der Waals surface area contributed by atoms with Gasteiger partial charge in [-0.15, -0.1) is 0 Å². The van der Waals surface area contributed by atoms with Crippen LogP contribution in [0.5, 0.6) is 0 Å². The second-order valence-electron chi connectivity index (χ2n) is 5.87. The quantitative estimate of drug-likeness (QED) is 0.859. The number of benzene rings is 2. The van der Waals surface area contributed by atoms with Crippen molar-refractivity contribution in [2.45, 2.75) is 38.8 Å². The molecule has 2 aromatic carbocycles. The van der Waals surface area contributed by atoms with Crippen LogP contribution in [-0.2, 0) is 9.53 Å². The normalized spacial score (nSPS) is 14.8. The smallest absolute Gasteiger partial charge is 0.322 e. The van der Waals surface area contributed by atoms with Gasteiger partial charge in [-0.05, 0) is 44.0 Å². The maximum Gasteiger partial charge on any atom is 0.322 e. The summed E-state index contributed by atoms with van der Waals surface area (Å²) in [6.07, 6.45) is -0.415. The summed E-state index contributed by atoms with van der Waals surface area (Å²) in [4.78, 5) is 11.8. The number of halogens is 1. The molecular formula is C19H22FNO2. The monoisotopic (exact) mass is 315 g/mol. The van der Waals surface area contributed by atoms with Gasteiger partial charge in [0, 0.05) is 5.92 Å². The topological polar surface area (TPSA) is 52.3 Å². The maximum absolute atomic E-state index is 13.2. The average molecular weight is 315 g/mol. The molecule has 0 aliphatic heterocycles. The van der Waals surface area contributed by atoms with E-state index in [1.54, 1.807) is 19.1 Å². The van der Waals surface area contributed by atoms with Gasteiger partial charge in [-0.25, -0.2) is 4.39 Å². The lowest BCUT2D eigenvalue weighted by molar-refractivity contribution is -0.149. The molecular weight excluding hydrogens is 293 g/mol. The van der Waals surface area contributed by atoms with Crippen LogP contribution in [0.2, 0.25) is 0 Å². The van der Waals surface area contributed by atoms with Crippen molar-refractivity contribution in [1.29, 1.82) is 0 Å². The second kappa shape index (κ2) is 7.38. The molecule has 0 amide bonds. The van der Waals surface area contributed by atoms with E-state index in [1.165, 1.54) is 12.1 Å². The van der Waals surface area contributed by atoms with Crippen molar-refractivity contribution < 1.29 is 13.9 Å². The standard InChI is InChI=1S/C19H22FNO2/c1-12-4-6-15(7-5-12)18(14(3)23-19(22)13(2)21)16-8-10-17(20)11-9-16/h4-11,13-14,18H,21H2,1-3H3/t13-,14-,18+/m0/s1. The van der Waals surface area contributed by atoms with Crippen LogP contribution in [0, 0.1) is 12.7 Å². The van der Waals surface area contributed by atoms with Gasteiger partial charge >= 0.3 is 5.97 Å². The first-order chi connectivity index (χ1) is 10.9. The van der Waals surface area contributed by atoms with Gasteiger partial charge in [0.1, 0.15) is 18.0 Å². The summed E-state index contributed by atoms with van der Waals surface area (Å²) in [7, 11) is 0. The van der Waals surface area contributed by atoms with Crippen LogP contribution in [0.4, 0.5) is 4.39 Å². The van der Waals surface area contributed by atoms with Crippen molar-refractivity contribution in [2.75, 3.05) is 0 Å². The van der Waals surface area contributed by atoms with E-state index < -0.39 is 18.1 Å². The number of hydrogen-bond acceptors (Lipinski definition) is 3. The molecule has 0 saturated heterocycles. The predicted molar refractivity (Wildman–Crippen MR) is 88.6 cm³/mol. The van der Waals surface area contributed by atoms with E-state index in [2.05, 4.69) is 0 Å². The highest BCUT2D eigenvalue weighted by Gasteiger charge is 2.25. The number of hydrogen-bond donors (Lipinski definition) is 1. The third-order valence-electron chi connectivity index (χ3n) is 3.81. The van der Waals surface area contributed by atoms with E-state index in [4.69, 9.17) is 10.5 Å². The molecule has 0 aliphatic carbocycles. The lowest BCUT2D eigenvalue weighted by Gasteiger charge is -2.26. The zero-order valence-electron chi connectivity index (χ0n) is 13.6. The lowest BCUT2D eigenvalue weighted by Crippen LogP contribution is -2.33. The lowest BCUT2D eigenvalue weighted by atomic mass is 9.87. The van der Waals surface area contributed by atoms with Gasteiger partial charge in [-0.2, -0.15) is 0 Å². The Morgan fingerprint density at radius 3 is 1.96 bits per heavy atom. The molecule has 3 nitrogen and oxygen atoms in total. The van der Waals surface area contributed by atoms with E-state index in [-0.39, 0.29) is 11.7 Å². The Bertz CT molecular complexity index is 605. The molecule has 0 heterocycles. The van der Waals surface area contributed by atoms with Gasteiger partial charge < -0.3 is 10.5 Å². The molecule has 4 heteroatoms. The fraction of sp³-hybridized carbons (Fsp3) is 0.316. The van der Waals surface area contributed by atoms with E-state index in [1.807, 2.05) is 38.1 Å². The Kier molecular flexibility index (Phi) is 5.50. The van der Waals surface area contributed by atoms with Crippen molar-refractivity contribution in [1.82, 2.24) is 0 Å². The van der Waals surface area contributed by atoms with E-state index in [9.17, 15) is 9.18 Å². The highest BCUT2D eigenvalue weighted by Crippen LogP contribution is 2.30. The Labute approximate surface area is 136 Å². The fourth-order valence-electron chi connectivity index (χ4n) is 2.54. The largest absolute Gasteiger partial charge is 0.461 e. The molecule has 23 heavy (non-hydrogen) atoms. The molecule has 3 atom stereocenters. The number of esters is 1. The minimum atomic E-state index is -0.677. The second-order valence-corrected chi connectivity index (χ2v) is 5.87. The molecule has 0 aliphatic rings. The van der Waals surface area contributed by atoms with Crippen LogP contribution in [-0.4, -0.2) is 18.1 Å². The van der Waals surface area contributed by atoms with Crippen molar-refractivity contribution in [3.05, 3.63) is 71.0 Å². The number of carbonyl (C=O) groups is 1. The van der Waals surface area contributed by atoms with Crippen LogP contribution >= 0.6 is 0 Å². The van der Waals surface area contributed by atoms with E-state index in [0.29, 0.717) is 0 Å². The third kappa shape index (κ3) is 4.39. The number of nitrogens with two attached hydrogens (primary N) is 1. The van der Waals surface area contributed by atoms with Gasteiger partial charge in [-0.3, -0.25) is 4.79 Å². The molecule has 122 valence electrons. The number of carbonyl (C=O) groups excluding carboxylic acids is 1. The van der Waals surface area contributed by atoms with Crippen LogP contribution in [0.3, 0.4) is 0 Å². The molecule has 0 spiro atoms.